The summed E-state index contributed by atoms with van der Waals surface area (Å²) in [6.45, 7) is 5.65. The lowest BCUT2D eigenvalue weighted by Crippen LogP contribution is -2.12. The van der Waals surface area contributed by atoms with Gasteiger partial charge in [-0.05, 0) is 44.5 Å². The van der Waals surface area contributed by atoms with E-state index in [4.69, 9.17) is 0 Å². The summed E-state index contributed by atoms with van der Waals surface area (Å²) < 4.78 is 0. The molecular weight excluding hydrogens is 350 g/mol. The number of anilines is 1. The van der Waals surface area contributed by atoms with Crippen LogP contribution in [0.5, 0.6) is 0 Å². The molecule has 0 aliphatic heterocycles. The summed E-state index contributed by atoms with van der Waals surface area (Å²) in [5.74, 6) is -0.343. The summed E-state index contributed by atoms with van der Waals surface area (Å²) in [6.07, 6.45) is 0. The van der Waals surface area contributed by atoms with Gasteiger partial charge in [0.2, 0.25) is 0 Å². The topological polar surface area (TPSA) is 85.1 Å². The van der Waals surface area contributed by atoms with Crippen molar-refractivity contribution < 1.29 is 9.72 Å². The maximum absolute atomic E-state index is 12.4. The predicted molar refractivity (Wildman–Crippen MR) is 103 cm³/mol. The summed E-state index contributed by atoms with van der Waals surface area (Å²) in [7, 11) is 0. The Bertz CT molecular complexity index is 1010. The second-order valence-electron chi connectivity index (χ2n) is 6.07. The third kappa shape index (κ3) is 3.62. The number of carbonyl (C=O) groups excluding carboxylic acids is 1. The van der Waals surface area contributed by atoms with E-state index in [9.17, 15) is 14.9 Å². The second-order valence-corrected chi connectivity index (χ2v) is 6.93. The molecule has 7 heteroatoms. The van der Waals surface area contributed by atoms with Gasteiger partial charge in [-0.3, -0.25) is 20.2 Å². The van der Waals surface area contributed by atoms with Crippen molar-refractivity contribution in [1.82, 2.24) is 4.98 Å². The van der Waals surface area contributed by atoms with Gasteiger partial charge >= 0.3 is 0 Å². The minimum atomic E-state index is -0.464. The maximum atomic E-state index is 12.4. The molecule has 0 spiro atoms. The minimum Gasteiger partial charge on any atom is -0.298 e. The molecule has 0 bridgehead atoms. The summed E-state index contributed by atoms with van der Waals surface area (Å²) in [4.78, 5) is 27.3. The van der Waals surface area contributed by atoms with Crippen molar-refractivity contribution >= 4 is 28.1 Å². The molecule has 0 aliphatic carbocycles. The molecule has 0 atom stereocenters. The first kappa shape index (κ1) is 17.8. The monoisotopic (exact) mass is 367 g/mol. The number of nitrogens with zero attached hydrogens (tertiary/aromatic N) is 2. The Morgan fingerprint density at radius 2 is 1.88 bits per heavy atom. The Hall–Kier alpha value is -3.06. The van der Waals surface area contributed by atoms with Crippen LogP contribution in [0.15, 0.2) is 41.8 Å². The molecule has 132 valence electrons. The Balaban J connectivity index is 1.81. The molecule has 0 aliphatic rings. The van der Waals surface area contributed by atoms with Crippen LogP contribution in [0.25, 0.3) is 11.3 Å². The fraction of sp³-hybridized carbons (Fsp3) is 0.158. The van der Waals surface area contributed by atoms with Gasteiger partial charge in [0, 0.05) is 28.1 Å². The molecule has 1 heterocycles. The van der Waals surface area contributed by atoms with Crippen LogP contribution in [0.2, 0.25) is 0 Å². The summed E-state index contributed by atoms with van der Waals surface area (Å²) in [5, 5.41) is 16.0. The molecule has 1 amide bonds. The van der Waals surface area contributed by atoms with Gasteiger partial charge in [-0.2, -0.15) is 0 Å². The first-order chi connectivity index (χ1) is 12.3. The highest BCUT2D eigenvalue weighted by Gasteiger charge is 2.15. The number of thiazole rings is 1. The zero-order chi connectivity index (χ0) is 18.8. The van der Waals surface area contributed by atoms with Crippen LogP contribution < -0.4 is 5.32 Å². The molecule has 1 aromatic heterocycles. The van der Waals surface area contributed by atoms with E-state index in [0.29, 0.717) is 16.3 Å². The normalized spacial score (nSPS) is 10.6. The van der Waals surface area contributed by atoms with E-state index < -0.39 is 4.92 Å². The van der Waals surface area contributed by atoms with Gasteiger partial charge in [0.15, 0.2) is 5.13 Å². The van der Waals surface area contributed by atoms with Crippen molar-refractivity contribution in [3.63, 3.8) is 0 Å². The highest BCUT2D eigenvalue weighted by atomic mass is 32.1. The lowest BCUT2D eigenvalue weighted by molar-refractivity contribution is -0.385. The van der Waals surface area contributed by atoms with Crippen LogP contribution in [0.3, 0.4) is 0 Å². The molecule has 0 saturated heterocycles. The molecule has 0 unspecified atom stereocenters. The van der Waals surface area contributed by atoms with Crippen molar-refractivity contribution in [2.45, 2.75) is 20.8 Å². The third-order valence-corrected chi connectivity index (χ3v) is 4.81. The number of aryl methyl sites for hydroxylation is 3. The average Bonchev–Trinajstić information content (AvgIpc) is 3.04. The van der Waals surface area contributed by atoms with Crippen LogP contribution in [0, 0.1) is 30.9 Å². The molecule has 3 aromatic rings. The van der Waals surface area contributed by atoms with E-state index in [2.05, 4.69) is 16.4 Å². The molecule has 6 nitrogen and oxygen atoms in total. The number of nitro groups is 1. The lowest BCUT2D eigenvalue weighted by atomic mass is 10.0. The molecule has 0 fully saturated rings. The van der Waals surface area contributed by atoms with Crippen molar-refractivity contribution in [3.8, 4) is 11.3 Å². The highest BCUT2D eigenvalue weighted by molar-refractivity contribution is 7.14. The molecule has 2 aromatic carbocycles. The van der Waals surface area contributed by atoms with Crippen LogP contribution in [0.4, 0.5) is 10.8 Å². The quantitative estimate of drug-likeness (QED) is 0.525. The molecule has 0 radical (unpaired) electrons. The van der Waals surface area contributed by atoms with Gasteiger partial charge in [0.05, 0.1) is 10.6 Å². The second kappa shape index (κ2) is 7.05. The number of aromatic nitrogens is 1. The van der Waals surface area contributed by atoms with E-state index in [1.807, 2.05) is 31.4 Å². The van der Waals surface area contributed by atoms with E-state index in [-0.39, 0.29) is 11.6 Å². The molecule has 1 N–H and O–H groups in total. The van der Waals surface area contributed by atoms with Gasteiger partial charge in [-0.15, -0.1) is 11.3 Å². The van der Waals surface area contributed by atoms with Gasteiger partial charge < -0.3 is 0 Å². The van der Waals surface area contributed by atoms with Crippen LogP contribution in [0.1, 0.15) is 27.0 Å². The largest absolute Gasteiger partial charge is 0.298 e. The average molecular weight is 367 g/mol. The predicted octanol–water partition coefficient (Wildman–Crippen LogP) is 4.90. The smallest absolute Gasteiger partial charge is 0.272 e. The van der Waals surface area contributed by atoms with Crippen molar-refractivity contribution in [2.75, 3.05) is 5.32 Å². The molecule has 26 heavy (non-hydrogen) atoms. The van der Waals surface area contributed by atoms with Crippen molar-refractivity contribution in [1.29, 1.82) is 0 Å². The number of nitro benzene ring substituents is 1. The van der Waals surface area contributed by atoms with E-state index in [1.165, 1.54) is 29.5 Å². The highest BCUT2D eigenvalue weighted by Crippen LogP contribution is 2.28. The Morgan fingerprint density at radius 1 is 1.12 bits per heavy atom. The number of benzene rings is 2. The fourth-order valence-electron chi connectivity index (χ4n) is 2.64. The number of hydrogen-bond acceptors (Lipinski definition) is 5. The lowest BCUT2D eigenvalue weighted by Gasteiger charge is -2.05. The van der Waals surface area contributed by atoms with Crippen molar-refractivity contribution in [2.24, 2.45) is 0 Å². The maximum Gasteiger partial charge on any atom is 0.272 e. The van der Waals surface area contributed by atoms with E-state index in [0.717, 1.165) is 22.4 Å². The number of carbonyl (C=O) groups is 1. The minimum absolute atomic E-state index is 0.00647. The summed E-state index contributed by atoms with van der Waals surface area (Å²) in [6, 6.07) is 10.4. The first-order valence-electron chi connectivity index (χ1n) is 7.94. The fourth-order valence-corrected chi connectivity index (χ4v) is 3.34. The van der Waals surface area contributed by atoms with Gasteiger partial charge in [0.25, 0.3) is 11.6 Å². The molecular formula is C19H17N3O3S. The zero-order valence-corrected chi connectivity index (χ0v) is 15.4. The SMILES string of the molecule is Cc1ccc(C)c(-c2csc(NC(=O)c3ccc([N+](=O)[O-])c(C)c3)n2)c1. The first-order valence-corrected chi connectivity index (χ1v) is 8.82. The number of rotatable bonds is 4. The van der Waals surface area contributed by atoms with E-state index in [1.54, 1.807) is 6.92 Å². The summed E-state index contributed by atoms with van der Waals surface area (Å²) >= 11 is 1.34. The Labute approximate surface area is 154 Å². The Morgan fingerprint density at radius 3 is 2.58 bits per heavy atom. The zero-order valence-electron chi connectivity index (χ0n) is 14.6. The van der Waals surface area contributed by atoms with Gasteiger partial charge in [-0.25, -0.2) is 4.98 Å². The van der Waals surface area contributed by atoms with Gasteiger partial charge in [-0.1, -0.05) is 17.7 Å². The van der Waals surface area contributed by atoms with Crippen LogP contribution in [-0.4, -0.2) is 15.8 Å². The summed E-state index contributed by atoms with van der Waals surface area (Å²) in [5.41, 5.74) is 4.90. The Kier molecular flexibility index (Phi) is 4.81. The van der Waals surface area contributed by atoms with E-state index >= 15 is 0 Å². The van der Waals surface area contributed by atoms with Gasteiger partial charge in [0.1, 0.15) is 0 Å². The number of hydrogen-bond donors (Lipinski definition) is 1. The van der Waals surface area contributed by atoms with Crippen LogP contribution >= 0.6 is 11.3 Å². The molecule has 3 rings (SSSR count). The molecule has 0 saturated carbocycles. The van der Waals surface area contributed by atoms with Crippen LogP contribution in [-0.2, 0) is 0 Å². The number of nitrogens with one attached hydrogen (secondary N) is 1. The number of amides is 1. The van der Waals surface area contributed by atoms with Crippen molar-refractivity contribution in [3.05, 3.63) is 74.1 Å². The third-order valence-electron chi connectivity index (χ3n) is 4.05. The standard InChI is InChI=1S/C19H17N3O3S/c1-11-4-5-12(2)15(8-11)16-10-26-19(20-16)21-18(23)14-6-7-17(22(24)25)13(3)9-14/h4-10H,1-3H3,(H,20,21,23).